The summed E-state index contributed by atoms with van der Waals surface area (Å²) >= 11 is 0. The van der Waals surface area contributed by atoms with Crippen molar-refractivity contribution >= 4 is 5.69 Å². The van der Waals surface area contributed by atoms with Crippen LogP contribution in [0.1, 0.15) is 124 Å². The summed E-state index contributed by atoms with van der Waals surface area (Å²) in [6.45, 7) is 7.92. The predicted octanol–water partition coefficient (Wildman–Crippen LogP) is 5.78. The Kier molecular flexibility index (Phi) is 7.18. The molecule has 8 nitrogen and oxygen atoms in total. The largest absolute Gasteiger partial charge is 0.371 e. The number of piperidine rings is 2. The van der Waals surface area contributed by atoms with E-state index in [2.05, 4.69) is 69.2 Å². The van der Waals surface area contributed by atoms with Crippen LogP contribution in [-0.2, 0) is 0 Å². The number of fused-ring (bicyclic) bond motifs is 5. The molecule has 3 fully saturated rings. The number of hydrogen-bond acceptors (Lipinski definition) is 6. The van der Waals surface area contributed by atoms with Crippen molar-refractivity contribution in [2.24, 2.45) is 5.92 Å². The fourth-order valence-corrected chi connectivity index (χ4v) is 8.00. The number of anilines is 1. The SMILES string of the molecule is CCC[C@H](NC)c1ncc(C2CCN(c3ccc(-c4cnc([C@@H]5CCCN5)[nH]4)c4c3C3CC(C)CC4N3)CC2)[nH]1. The van der Waals surface area contributed by atoms with Crippen LogP contribution in [-0.4, -0.2) is 46.6 Å². The molecule has 4 aliphatic heterocycles. The van der Waals surface area contributed by atoms with Crippen LogP contribution in [0.5, 0.6) is 0 Å². The molecule has 0 amide bonds. The zero-order chi connectivity index (χ0) is 27.2. The Morgan fingerprint density at radius 2 is 1.82 bits per heavy atom. The van der Waals surface area contributed by atoms with E-state index in [0.717, 1.165) is 62.9 Å². The van der Waals surface area contributed by atoms with Gasteiger partial charge in [0.25, 0.3) is 0 Å². The third kappa shape index (κ3) is 4.68. The maximum absolute atomic E-state index is 4.82. The Bertz CT molecular complexity index is 1310. The summed E-state index contributed by atoms with van der Waals surface area (Å²) in [7, 11) is 2.04. The van der Waals surface area contributed by atoms with Crippen molar-refractivity contribution in [3.63, 3.8) is 0 Å². The van der Waals surface area contributed by atoms with Gasteiger partial charge in [0.2, 0.25) is 0 Å². The molecule has 40 heavy (non-hydrogen) atoms. The molecule has 0 spiro atoms. The molecule has 0 saturated carbocycles. The van der Waals surface area contributed by atoms with Crippen LogP contribution >= 0.6 is 0 Å². The van der Waals surface area contributed by atoms with Crippen LogP contribution in [0.2, 0.25) is 0 Å². The summed E-state index contributed by atoms with van der Waals surface area (Å²) in [5.74, 6) is 3.47. The lowest BCUT2D eigenvalue weighted by molar-refractivity contribution is 0.290. The van der Waals surface area contributed by atoms with Crippen molar-refractivity contribution in [3.05, 3.63) is 53.0 Å². The van der Waals surface area contributed by atoms with Crippen molar-refractivity contribution in [1.29, 1.82) is 0 Å². The summed E-state index contributed by atoms with van der Waals surface area (Å²) in [5.41, 5.74) is 8.36. The highest BCUT2D eigenvalue weighted by molar-refractivity contribution is 5.75. The van der Waals surface area contributed by atoms with Crippen LogP contribution in [0.4, 0.5) is 5.69 Å². The Labute approximate surface area is 238 Å². The molecular formula is C32H46N8. The van der Waals surface area contributed by atoms with Crippen molar-refractivity contribution in [1.82, 2.24) is 35.9 Å². The van der Waals surface area contributed by atoms with E-state index >= 15 is 0 Å². The van der Waals surface area contributed by atoms with Crippen LogP contribution in [0.25, 0.3) is 11.3 Å². The number of nitrogens with one attached hydrogen (secondary N) is 5. The second-order valence-electron chi connectivity index (χ2n) is 12.8. The number of hydrogen-bond donors (Lipinski definition) is 5. The van der Waals surface area contributed by atoms with Crippen LogP contribution in [0.3, 0.4) is 0 Å². The first-order valence-corrected chi connectivity index (χ1v) is 15.8. The number of rotatable bonds is 8. The quantitative estimate of drug-likeness (QED) is 0.247. The van der Waals surface area contributed by atoms with Crippen molar-refractivity contribution in [2.75, 3.05) is 31.6 Å². The van der Waals surface area contributed by atoms with E-state index in [-0.39, 0.29) is 0 Å². The topological polar surface area (TPSA) is 96.7 Å². The van der Waals surface area contributed by atoms with Gasteiger partial charge < -0.3 is 30.8 Å². The standard InChI is InChI=1S/C32H46N8/c1-4-6-22(33-3)31-35-17-26(38-31)20-10-13-40(14-11-20)28-9-8-21(27-18-36-32(39-27)23-7-5-12-34-23)29-24-15-19(2)16-25(37-24)30(28)29/h8-9,17-20,22-25,33-34,37H,4-7,10-16H2,1-3H3,(H,35,38)(H,36,39)/t19?,22-,23-,24?,25?/m0/s1. The minimum absolute atomic E-state index is 0.314. The van der Waals surface area contributed by atoms with E-state index in [0.29, 0.717) is 30.1 Å². The van der Waals surface area contributed by atoms with Crippen LogP contribution in [0, 0.1) is 5.92 Å². The molecule has 3 unspecified atom stereocenters. The maximum atomic E-state index is 4.82. The molecule has 4 aliphatic rings. The van der Waals surface area contributed by atoms with Crippen molar-refractivity contribution in [2.45, 2.75) is 95.3 Å². The van der Waals surface area contributed by atoms with Gasteiger partial charge in [-0.05, 0) is 81.6 Å². The summed E-state index contributed by atoms with van der Waals surface area (Å²) in [4.78, 5) is 19.6. The van der Waals surface area contributed by atoms with Crippen molar-refractivity contribution in [3.8, 4) is 11.3 Å². The predicted molar refractivity (Wildman–Crippen MR) is 161 cm³/mol. The molecule has 0 radical (unpaired) electrons. The van der Waals surface area contributed by atoms with Gasteiger partial charge in [-0.25, -0.2) is 9.97 Å². The van der Waals surface area contributed by atoms with Crippen molar-refractivity contribution < 1.29 is 0 Å². The average molecular weight is 543 g/mol. The van der Waals surface area contributed by atoms with Gasteiger partial charge in [-0.3, -0.25) is 0 Å². The molecular weight excluding hydrogens is 496 g/mol. The minimum atomic E-state index is 0.314. The van der Waals surface area contributed by atoms with Gasteiger partial charge in [0.05, 0.1) is 24.0 Å². The zero-order valence-electron chi connectivity index (χ0n) is 24.4. The number of H-pyrrole nitrogens is 2. The maximum Gasteiger partial charge on any atom is 0.123 e. The van der Waals surface area contributed by atoms with Gasteiger partial charge >= 0.3 is 0 Å². The second kappa shape index (κ2) is 11.0. The van der Waals surface area contributed by atoms with E-state index in [1.807, 2.05) is 7.05 Å². The summed E-state index contributed by atoms with van der Waals surface area (Å²) in [6, 6.07) is 6.34. The Balaban J connectivity index is 1.14. The molecule has 2 bridgehead atoms. The fraction of sp³-hybridized carbons (Fsp3) is 0.625. The molecule has 7 rings (SSSR count). The molecule has 5 atom stereocenters. The highest BCUT2D eigenvalue weighted by Crippen LogP contribution is 2.52. The highest BCUT2D eigenvalue weighted by Gasteiger charge is 2.41. The first-order chi connectivity index (χ1) is 19.6. The molecule has 2 aromatic heterocycles. The first-order valence-electron chi connectivity index (χ1n) is 15.8. The molecule has 1 aromatic carbocycles. The number of imidazole rings is 2. The van der Waals surface area contributed by atoms with Gasteiger partial charge in [-0.15, -0.1) is 0 Å². The summed E-state index contributed by atoms with van der Waals surface area (Å²) in [6.07, 6.45) is 13.6. The minimum Gasteiger partial charge on any atom is -0.371 e. The smallest absolute Gasteiger partial charge is 0.123 e. The van der Waals surface area contributed by atoms with E-state index < -0.39 is 0 Å². The van der Waals surface area contributed by atoms with Gasteiger partial charge in [0, 0.05) is 54.2 Å². The Morgan fingerprint density at radius 1 is 1.00 bits per heavy atom. The first kappa shape index (κ1) is 26.2. The van der Waals surface area contributed by atoms with E-state index in [9.17, 15) is 0 Å². The summed E-state index contributed by atoms with van der Waals surface area (Å²) in [5, 5.41) is 11.0. The molecule has 214 valence electrons. The molecule has 3 aromatic rings. The lowest BCUT2D eigenvalue weighted by Gasteiger charge is -2.35. The molecule has 5 N–H and O–H groups in total. The number of aromatic nitrogens is 4. The third-order valence-electron chi connectivity index (χ3n) is 10.1. The monoisotopic (exact) mass is 542 g/mol. The van der Waals surface area contributed by atoms with E-state index in [1.165, 1.54) is 53.9 Å². The number of nitrogens with zero attached hydrogens (tertiary/aromatic N) is 3. The number of benzene rings is 1. The average Bonchev–Trinajstić information content (AvgIpc) is 3.79. The van der Waals surface area contributed by atoms with Crippen LogP contribution in [0.15, 0.2) is 24.5 Å². The number of aromatic amines is 2. The summed E-state index contributed by atoms with van der Waals surface area (Å²) < 4.78 is 0. The lowest BCUT2D eigenvalue weighted by Crippen LogP contribution is -2.34. The van der Waals surface area contributed by atoms with Gasteiger partial charge in [0.15, 0.2) is 0 Å². The molecule has 0 aliphatic carbocycles. The van der Waals surface area contributed by atoms with Gasteiger partial charge in [-0.2, -0.15) is 0 Å². The second-order valence-corrected chi connectivity index (χ2v) is 12.8. The van der Waals surface area contributed by atoms with Gasteiger partial charge in [-0.1, -0.05) is 26.3 Å². The van der Waals surface area contributed by atoms with E-state index in [4.69, 9.17) is 9.97 Å². The van der Waals surface area contributed by atoms with Gasteiger partial charge in [0.1, 0.15) is 11.6 Å². The molecule has 3 saturated heterocycles. The fourth-order valence-electron chi connectivity index (χ4n) is 8.00. The normalized spacial score (nSPS) is 27.3. The molecule has 8 heteroatoms. The third-order valence-corrected chi connectivity index (χ3v) is 10.1. The lowest BCUT2D eigenvalue weighted by atomic mass is 9.90. The molecule has 6 heterocycles. The highest BCUT2D eigenvalue weighted by atomic mass is 15.2. The van der Waals surface area contributed by atoms with Crippen LogP contribution < -0.4 is 20.9 Å². The van der Waals surface area contributed by atoms with E-state index in [1.54, 1.807) is 5.56 Å². The Morgan fingerprint density at radius 3 is 2.58 bits per heavy atom. The Hall–Kier alpha value is -2.68. The zero-order valence-corrected chi connectivity index (χ0v) is 24.4.